The molecule has 0 atom stereocenters. The van der Waals surface area contributed by atoms with Crippen LogP contribution in [0.5, 0.6) is 0 Å². The summed E-state index contributed by atoms with van der Waals surface area (Å²) < 4.78 is 22.6. The summed E-state index contributed by atoms with van der Waals surface area (Å²) in [6, 6.07) is 27.5. The SMILES string of the molecule is CCOP(=O)(Cc1ccccc1)OCC.O=C(S)c1ccccc1.O=C(S)c1ccccc1. The molecule has 176 valence electrons. The summed E-state index contributed by atoms with van der Waals surface area (Å²) in [6.07, 6.45) is 0.343. The van der Waals surface area contributed by atoms with E-state index < -0.39 is 7.60 Å². The lowest BCUT2D eigenvalue weighted by Gasteiger charge is -2.16. The largest absolute Gasteiger partial charge is 0.335 e. The van der Waals surface area contributed by atoms with Gasteiger partial charge in [0.1, 0.15) is 0 Å². The Hall–Kier alpha value is -2.15. The van der Waals surface area contributed by atoms with E-state index in [0.717, 1.165) is 5.56 Å². The van der Waals surface area contributed by atoms with Crippen molar-refractivity contribution in [3.63, 3.8) is 0 Å². The molecule has 8 heteroatoms. The van der Waals surface area contributed by atoms with Crippen LogP contribution in [-0.4, -0.2) is 23.4 Å². The van der Waals surface area contributed by atoms with E-state index in [9.17, 15) is 14.2 Å². The molecule has 33 heavy (non-hydrogen) atoms. The Morgan fingerprint density at radius 2 is 1.00 bits per heavy atom. The van der Waals surface area contributed by atoms with Crippen molar-refractivity contribution in [1.29, 1.82) is 0 Å². The molecule has 3 aromatic rings. The molecule has 0 fully saturated rings. The molecule has 0 saturated carbocycles. The van der Waals surface area contributed by atoms with Crippen LogP contribution in [0, 0.1) is 0 Å². The second-order valence-electron chi connectivity index (χ2n) is 6.43. The molecule has 3 rings (SSSR count). The van der Waals surface area contributed by atoms with Crippen LogP contribution >= 0.6 is 32.9 Å². The van der Waals surface area contributed by atoms with E-state index in [1.165, 1.54) is 0 Å². The van der Waals surface area contributed by atoms with E-state index in [-0.39, 0.29) is 10.2 Å². The van der Waals surface area contributed by atoms with Crippen LogP contribution in [0.25, 0.3) is 0 Å². The summed E-state index contributed by atoms with van der Waals surface area (Å²) in [5.41, 5.74) is 2.25. The first kappa shape index (κ1) is 28.9. The molecule has 0 N–H and O–H groups in total. The Morgan fingerprint density at radius 3 is 1.27 bits per heavy atom. The van der Waals surface area contributed by atoms with Gasteiger partial charge in [-0.15, -0.1) is 25.3 Å². The van der Waals surface area contributed by atoms with Crippen molar-refractivity contribution in [2.75, 3.05) is 13.2 Å². The normalized spacial score (nSPS) is 10.2. The summed E-state index contributed by atoms with van der Waals surface area (Å²) in [6.45, 7) is 4.45. The molecule has 3 aromatic carbocycles. The molecule has 0 unspecified atom stereocenters. The number of hydrogen-bond donors (Lipinski definition) is 2. The Morgan fingerprint density at radius 1 is 0.667 bits per heavy atom. The van der Waals surface area contributed by atoms with Crippen molar-refractivity contribution in [3.05, 3.63) is 108 Å². The van der Waals surface area contributed by atoms with Gasteiger partial charge in [0.2, 0.25) is 10.2 Å². The molecule has 0 bridgehead atoms. The lowest BCUT2D eigenvalue weighted by Crippen LogP contribution is -1.98. The van der Waals surface area contributed by atoms with Crippen molar-refractivity contribution >= 4 is 43.1 Å². The maximum absolute atomic E-state index is 12.1. The molecule has 0 aliphatic carbocycles. The summed E-state index contributed by atoms with van der Waals surface area (Å²) in [7, 11) is -2.94. The molecule has 0 aliphatic heterocycles. The highest BCUT2D eigenvalue weighted by atomic mass is 32.1. The van der Waals surface area contributed by atoms with Gasteiger partial charge in [0.05, 0.1) is 19.4 Å². The highest BCUT2D eigenvalue weighted by Crippen LogP contribution is 2.51. The van der Waals surface area contributed by atoms with Crippen LogP contribution in [0.1, 0.15) is 40.1 Å². The predicted molar refractivity (Wildman–Crippen MR) is 141 cm³/mol. The van der Waals surface area contributed by atoms with Crippen LogP contribution in [0.4, 0.5) is 0 Å². The number of carbonyl (C=O) groups excluding carboxylic acids is 2. The predicted octanol–water partition coefficient (Wildman–Crippen LogP) is 6.97. The van der Waals surface area contributed by atoms with E-state index in [1.54, 1.807) is 24.3 Å². The van der Waals surface area contributed by atoms with Gasteiger partial charge in [0.25, 0.3) is 0 Å². The standard InChI is InChI=1S/C11H17O3P.2C7H6OS/c1-3-13-15(12,14-4-2)10-11-8-6-5-7-9-11;2*8-7(9)6-4-2-1-3-5-6/h5-9H,3-4,10H2,1-2H3;2*1-5H,(H,8,9). The van der Waals surface area contributed by atoms with Crippen LogP contribution in [0.3, 0.4) is 0 Å². The fraction of sp³-hybridized carbons (Fsp3) is 0.200. The molecule has 5 nitrogen and oxygen atoms in total. The molecule has 0 aromatic heterocycles. The zero-order valence-corrected chi connectivity index (χ0v) is 21.3. The molecule has 0 radical (unpaired) electrons. The lowest BCUT2D eigenvalue weighted by atomic mass is 10.2. The van der Waals surface area contributed by atoms with Gasteiger partial charge in [-0.25, -0.2) is 0 Å². The van der Waals surface area contributed by atoms with Crippen LogP contribution < -0.4 is 0 Å². The third-order valence-electron chi connectivity index (χ3n) is 3.91. The maximum Gasteiger partial charge on any atom is 0.335 e. The second-order valence-corrected chi connectivity index (χ2v) is 9.30. The minimum atomic E-state index is -2.94. The number of carbonyl (C=O) groups is 2. The molecule has 0 aliphatic rings. The minimum absolute atomic E-state index is 0.185. The first-order chi connectivity index (χ1) is 15.8. The fourth-order valence-electron chi connectivity index (χ4n) is 2.49. The van der Waals surface area contributed by atoms with Gasteiger partial charge in [-0.05, 0) is 19.4 Å². The van der Waals surface area contributed by atoms with Gasteiger partial charge < -0.3 is 9.05 Å². The Kier molecular flexibility index (Phi) is 14.4. The molecule has 0 amide bonds. The lowest BCUT2D eigenvalue weighted by molar-refractivity contribution is 0.108. The number of rotatable bonds is 8. The summed E-state index contributed by atoms with van der Waals surface area (Å²) >= 11 is 7.30. The summed E-state index contributed by atoms with van der Waals surface area (Å²) in [5, 5.41) is -0.369. The summed E-state index contributed by atoms with van der Waals surface area (Å²) in [4.78, 5) is 21.0. The third kappa shape index (κ3) is 12.6. The highest BCUT2D eigenvalue weighted by molar-refractivity contribution is 7.97. The van der Waals surface area contributed by atoms with Crippen LogP contribution in [0.15, 0.2) is 91.0 Å². The van der Waals surface area contributed by atoms with Gasteiger partial charge in [0, 0.05) is 11.1 Å². The first-order valence-corrected chi connectivity index (χ1v) is 12.9. The average molecular weight is 505 g/mol. The number of benzene rings is 3. The smallest absolute Gasteiger partial charge is 0.309 e. The fourth-order valence-corrected chi connectivity index (χ4v) is 4.49. The molecular formula is C25H29O5PS2. The van der Waals surface area contributed by atoms with Crippen molar-refractivity contribution in [2.45, 2.75) is 20.0 Å². The molecule has 0 heterocycles. The van der Waals surface area contributed by atoms with Crippen molar-refractivity contribution in [3.8, 4) is 0 Å². The second kappa shape index (κ2) is 16.5. The monoisotopic (exact) mass is 504 g/mol. The van der Waals surface area contributed by atoms with E-state index in [0.29, 0.717) is 30.5 Å². The Labute approximate surface area is 206 Å². The van der Waals surface area contributed by atoms with Crippen LogP contribution in [0.2, 0.25) is 0 Å². The van der Waals surface area contributed by atoms with Crippen molar-refractivity contribution in [1.82, 2.24) is 0 Å². The van der Waals surface area contributed by atoms with E-state index in [2.05, 4.69) is 25.3 Å². The Bertz CT molecular complexity index is 940. The van der Waals surface area contributed by atoms with Gasteiger partial charge in [0.15, 0.2) is 0 Å². The third-order valence-corrected chi connectivity index (χ3v) is 6.48. The maximum atomic E-state index is 12.1. The average Bonchev–Trinajstić information content (AvgIpc) is 2.82. The zero-order valence-electron chi connectivity index (χ0n) is 18.7. The van der Waals surface area contributed by atoms with E-state index in [4.69, 9.17) is 9.05 Å². The van der Waals surface area contributed by atoms with Crippen molar-refractivity contribution < 1.29 is 23.2 Å². The number of thiol groups is 2. The quantitative estimate of drug-likeness (QED) is 0.256. The first-order valence-electron chi connectivity index (χ1n) is 10.3. The molecule has 0 saturated heterocycles. The number of hydrogen-bond acceptors (Lipinski definition) is 5. The highest BCUT2D eigenvalue weighted by Gasteiger charge is 2.23. The van der Waals surface area contributed by atoms with Gasteiger partial charge in [-0.3, -0.25) is 14.2 Å². The van der Waals surface area contributed by atoms with E-state index >= 15 is 0 Å². The van der Waals surface area contributed by atoms with Crippen LogP contribution in [-0.2, 0) is 19.8 Å². The minimum Gasteiger partial charge on any atom is -0.309 e. The molecule has 0 spiro atoms. The van der Waals surface area contributed by atoms with Crippen molar-refractivity contribution in [2.24, 2.45) is 0 Å². The summed E-state index contributed by atoms with van der Waals surface area (Å²) in [5.74, 6) is 0. The van der Waals surface area contributed by atoms with Gasteiger partial charge >= 0.3 is 7.60 Å². The van der Waals surface area contributed by atoms with E-state index in [1.807, 2.05) is 80.6 Å². The Balaban J connectivity index is 0.000000261. The molecular weight excluding hydrogens is 475 g/mol. The van der Waals surface area contributed by atoms with Gasteiger partial charge in [-0.1, -0.05) is 91.0 Å². The van der Waals surface area contributed by atoms with Gasteiger partial charge in [-0.2, -0.15) is 0 Å². The topological polar surface area (TPSA) is 69.7 Å². The zero-order chi connectivity index (χ0) is 24.5.